The standard InChI is InChI=1S/C8H8F3NO3S/c1-4-2-5(3-6(12)7(4)13)16(14,15)8(9,10)11/h2-3,13H,12H2,1H3. The third-order valence-electron chi connectivity index (χ3n) is 1.92. The van der Waals surface area contributed by atoms with Crippen LogP contribution in [-0.4, -0.2) is 19.0 Å². The number of aromatic hydroxyl groups is 1. The predicted octanol–water partition coefficient (Wildman–Crippen LogP) is 1.58. The Bertz CT molecular complexity index is 499. The first-order chi connectivity index (χ1) is 7.07. The smallest absolute Gasteiger partial charge is 0.501 e. The Hall–Kier alpha value is -1.44. The monoisotopic (exact) mass is 255 g/mol. The normalized spacial score (nSPS) is 12.8. The minimum Gasteiger partial charge on any atom is -0.506 e. The highest BCUT2D eigenvalue weighted by Gasteiger charge is 2.47. The number of alkyl halides is 3. The van der Waals surface area contributed by atoms with Crippen LogP contribution in [0, 0.1) is 6.92 Å². The molecular formula is C8H8F3NO3S. The van der Waals surface area contributed by atoms with Crippen LogP contribution in [0.1, 0.15) is 5.56 Å². The van der Waals surface area contributed by atoms with Gasteiger partial charge in [0.15, 0.2) is 0 Å². The van der Waals surface area contributed by atoms with Crippen LogP contribution in [0.5, 0.6) is 5.75 Å². The molecule has 0 amide bonds. The maximum Gasteiger partial charge on any atom is 0.501 e. The van der Waals surface area contributed by atoms with E-state index in [2.05, 4.69) is 0 Å². The molecular weight excluding hydrogens is 247 g/mol. The van der Waals surface area contributed by atoms with Crippen molar-refractivity contribution in [3.05, 3.63) is 17.7 Å². The number of hydrogen-bond acceptors (Lipinski definition) is 4. The van der Waals surface area contributed by atoms with Gasteiger partial charge < -0.3 is 10.8 Å². The van der Waals surface area contributed by atoms with Crippen molar-refractivity contribution in [3.63, 3.8) is 0 Å². The molecule has 0 heterocycles. The van der Waals surface area contributed by atoms with Gasteiger partial charge in [-0.05, 0) is 24.6 Å². The average Bonchev–Trinajstić information content (AvgIpc) is 2.11. The van der Waals surface area contributed by atoms with Crippen LogP contribution in [-0.2, 0) is 9.84 Å². The van der Waals surface area contributed by atoms with E-state index in [0.29, 0.717) is 12.1 Å². The van der Waals surface area contributed by atoms with Crippen molar-refractivity contribution in [3.8, 4) is 5.75 Å². The summed E-state index contributed by atoms with van der Waals surface area (Å²) in [5.74, 6) is -0.430. The van der Waals surface area contributed by atoms with Gasteiger partial charge >= 0.3 is 5.51 Å². The van der Waals surface area contributed by atoms with E-state index >= 15 is 0 Å². The SMILES string of the molecule is Cc1cc(S(=O)(=O)C(F)(F)F)cc(N)c1O. The Balaban J connectivity index is 3.49. The molecule has 8 heteroatoms. The molecule has 4 nitrogen and oxygen atoms in total. The van der Waals surface area contributed by atoms with Gasteiger partial charge in [-0.1, -0.05) is 0 Å². The summed E-state index contributed by atoms with van der Waals surface area (Å²) in [4.78, 5) is -0.979. The van der Waals surface area contributed by atoms with Crippen LogP contribution >= 0.6 is 0 Å². The van der Waals surface area contributed by atoms with Crippen LogP contribution in [0.25, 0.3) is 0 Å². The van der Waals surface area contributed by atoms with Gasteiger partial charge in [-0.15, -0.1) is 0 Å². The maximum absolute atomic E-state index is 12.2. The molecule has 0 saturated heterocycles. The summed E-state index contributed by atoms with van der Waals surface area (Å²) >= 11 is 0. The van der Waals surface area contributed by atoms with Crippen molar-refractivity contribution in [2.45, 2.75) is 17.3 Å². The molecule has 0 atom stereocenters. The largest absolute Gasteiger partial charge is 0.506 e. The molecule has 0 aromatic heterocycles. The van der Waals surface area contributed by atoms with Gasteiger partial charge in [-0.25, -0.2) is 8.42 Å². The van der Waals surface area contributed by atoms with Crippen LogP contribution in [0.15, 0.2) is 17.0 Å². The summed E-state index contributed by atoms with van der Waals surface area (Å²) in [6.45, 7) is 1.25. The number of phenols is 1. The fourth-order valence-corrected chi connectivity index (χ4v) is 1.94. The predicted molar refractivity (Wildman–Crippen MR) is 50.5 cm³/mol. The van der Waals surface area contributed by atoms with Gasteiger partial charge in [-0.2, -0.15) is 13.2 Å². The van der Waals surface area contributed by atoms with Crippen molar-refractivity contribution in [1.29, 1.82) is 0 Å². The number of halogens is 3. The second kappa shape index (κ2) is 3.55. The zero-order valence-electron chi connectivity index (χ0n) is 8.04. The Morgan fingerprint density at radius 2 is 1.81 bits per heavy atom. The highest BCUT2D eigenvalue weighted by molar-refractivity contribution is 7.92. The van der Waals surface area contributed by atoms with Gasteiger partial charge in [-0.3, -0.25) is 0 Å². The first kappa shape index (κ1) is 12.6. The molecule has 0 radical (unpaired) electrons. The van der Waals surface area contributed by atoms with Crippen LogP contribution in [0.3, 0.4) is 0 Å². The number of sulfone groups is 1. The number of rotatable bonds is 1. The van der Waals surface area contributed by atoms with E-state index < -0.39 is 31.7 Å². The molecule has 16 heavy (non-hydrogen) atoms. The van der Waals surface area contributed by atoms with Gasteiger partial charge in [0.05, 0.1) is 10.6 Å². The number of benzene rings is 1. The molecule has 0 saturated carbocycles. The lowest BCUT2D eigenvalue weighted by molar-refractivity contribution is -0.0436. The molecule has 0 unspecified atom stereocenters. The summed E-state index contributed by atoms with van der Waals surface area (Å²) in [7, 11) is -5.43. The van der Waals surface area contributed by atoms with Gasteiger partial charge in [0.1, 0.15) is 5.75 Å². The molecule has 0 aliphatic heterocycles. The number of anilines is 1. The molecule has 0 spiro atoms. The Labute approximate surface area is 89.4 Å². The molecule has 1 rings (SSSR count). The van der Waals surface area contributed by atoms with Gasteiger partial charge in [0, 0.05) is 0 Å². The van der Waals surface area contributed by atoms with Crippen LogP contribution < -0.4 is 5.73 Å². The van der Waals surface area contributed by atoms with Crippen molar-refractivity contribution in [1.82, 2.24) is 0 Å². The number of nitrogen functional groups attached to an aromatic ring is 1. The quantitative estimate of drug-likeness (QED) is 0.589. The van der Waals surface area contributed by atoms with E-state index in [0.717, 1.165) is 0 Å². The van der Waals surface area contributed by atoms with Crippen LogP contribution in [0.2, 0.25) is 0 Å². The summed E-state index contributed by atoms with van der Waals surface area (Å²) < 4.78 is 58.6. The molecule has 0 bridgehead atoms. The van der Waals surface area contributed by atoms with Crippen molar-refractivity contribution in [2.24, 2.45) is 0 Å². The molecule has 3 N–H and O–H groups in total. The molecule has 0 fully saturated rings. The lowest BCUT2D eigenvalue weighted by Crippen LogP contribution is -2.23. The highest BCUT2D eigenvalue weighted by Crippen LogP contribution is 2.34. The van der Waals surface area contributed by atoms with Crippen molar-refractivity contribution in [2.75, 3.05) is 5.73 Å². The second-order valence-corrected chi connectivity index (χ2v) is 5.07. The molecule has 90 valence electrons. The fraction of sp³-hybridized carbons (Fsp3) is 0.250. The van der Waals surface area contributed by atoms with E-state index in [4.69, 9.17) is 5.73 Å². The van der Waals surface area contributed by atoms with E-state index in [1.807, 2.05) is 0 Å². The lowest BCUT2D eigenvalue weighted by atomic mass is 10.2. The zero-order valence-corrected chi connectivity index (χ0v) is 8.85. The van der Waals surface area contributed by atoms with Crippen molar-refractivity contribution >= 4 is 15.5 Å². The number of hydrogen-bond donors (Lipinski definition) is 2. The third kappa shape index (κ3) is 1.92. The minimum atomic E-state index is -5.43. The van der Waals surface area contributed by atoms with E-state index in [1.54, 1.807) is 0 Å². The number of aryl methyl sites for hydroxylation is 1. The molecule has 0 aliphatic carbocycles. The van der Waals surface area contributed by atoms with Crippen molar-refractivity contribution < 1.29 is 26.7 Å². The number of nitrogens with two attached hydrogens (primary N) is 1. The molecule has 1 aromatic carbocycles. The van der Waals surface area contributed by atoms with E-state index in [1.165, 1.54) is 6.92 Å². The Morgan fingerprint density at radius 1 is 1.31 bits per heavy atom. The third-order valence-corrected chi connectivity index (χ3v) is 3.38. The average molecular weight is 255 g/mol. The summed E-state index contributed by atoms with van der Waals surface area (Å²) in [6.07, 6.45) is 0. The number of phenolic OH excluding ortho intramolecular Hbond substituents is 1. The van der Waals surface area contributed by atoms with E-state index in [9.17, 15) is 26.7 Å². The lowest BCUT2D eigenvalue weighted by Gasteiger charge is -2.10. The zero-order chi connectivity index (χ0) is 12.7. The minimum absolute atomic E-state index is 0.0391. The first-order valence-electron chi connectivity index (χ1n) is 3.98. The Morgan fingerprint density at radius 3 is 2.19 bits per heavy atom. The summed E-state index contributed by atoms with van der Waals surface area (Å²) in [5, 5.41) is 9.20. The second-order valence-electron chi connectivity index (χ2n) is 3.13. The highest BCUT2D eigenvalue weighted by atomic mass is 32.2. The van der Waals surface area contributed by atoms with Crippen LogP contribution in [0.4, 0.5) is 18.9 Å². The molecule has 0 aliphatic rings. The fourth-order valence-electron chi connectivity index (χ4n) is 1.06. The first-order valence-corrected chi connectivity index (χ1v) is 5.46. The maximum atomic E-state index is 12.2. The van der Waals surface area contributed by atoms with E-state index in [-0.39, 0.29) is 5.56 Å². The van der Waals surface area contributed by atoms with Gasteiger partial charge in [0.25, 0.3) is 9.84 Å². The Kier molecular flexibility index (Phi) is 2.80. The molecule has 1 aromatic rings. The topological polar surface area (TPSA) is 80.4 Å². The summed E-state index contributed by atoms with van der Waals surface area (Å²) in [6, 6.07) is 1.29. The van der Waals surface area contributed by atoms with Gasteiger partial charge in [0.2, 0.25) is 0 Å². The summed E-state index contributed by atoms with van der Waals surface area (Å²) in [5.41, 5.74) is -0.660.